The number of nitrogens with zero attached hydrogens (tertiary/aromatic N) is 3. The molecule has 0 bridgehead atoms. The van der Waals surface area contributed by atoms with Crippen molar-refractivity contribution >= 4 is 5.91 Å². The predicted octanol–water partition coefficient (Wildman–Crippen LogP) is 0.293. The lowest BCUT2D eigenvalue weighted by Crippen LogP contribution is -2.45. The SMILES string of the molecule is Cc1ncoc1C(=O)N[C@H]1COC[C@H]1Oc1cnn(C)c1. The number of oxazole rings is 1. The van der Waals surface area contributed by atoms with Gasteiger partial charge in [-0.25, -0.2) is 4.98 Å². The standard InChI is InChI=1S/C13H16N4O4/c1-8-12(20-7-14-8)13(18)16-10-5-19-6-11(10)21-9-3-15-17(2)4-9/h3-4,7,10-11H,5-6H2,1-2H3,(H,16,18)/t10-,11+/m0/s1. The van der Waals surface area contributed by atoms with E-state index < -0.39 is 0 Å². The van der Waals surface area contributed by atoms with Crippen molar-refractivity contribution in [3.8, 4) is 5.75 Å². The van der Waals surface area contributed by atoms with Gasteiger partial charge in [-0.05, 0) is 6.92 Å². The van der Waals surface area contributed by atoms with Gasteiger partial charge in [0.1, 0.15) is 6.10 Å². The Kier molecular flexibility index (Phi) is 3.61. The molecule has 8 nitrogen and oxygen atoms in total. The van der Waals surface area contributed by atoms with E-state index in [0.29, 0.717) is 24.7 Å². The van der Waals surface area contributed by atoms with E-state index in [4.69, 9.17) is 13.9 Å². The number of rotatable bonds is 4. The molecule has 3 heterocycles. The molecule has 2 atom stereocenters. The number of ether oxygens (including phenoxy) is 2. The van der Waals surface area contributed by atoms with Crippen LogP contribution in [0.4, 0.5) is 0 Å². The summed E-state index contributed by atoms with van der Waals surface area (Å²) in [6.45, 7) is 2.52. The molecule has 0 saturated carbocycles. The lowest BCUT2D eigenvalue weighted by atomic mass is 10.2. The van der Waals surface area contributed by atoms with E-state index in [1.54, 1.807) is 24.0 Å². The maximum atomic E-state index is 12.1. The largest absolute Gasteiger partial charge is 0.482 e. The van der Waals surface area contributed by atoms with Crippen LogP contribution < -0.4 is 10.1 Å². The van der Waals surface area contributed by atoms with Crippen LogP contribution in [0.2, 0.25) is 0 Å². The van der Waals surface area contributed by atoms with Crippen LogP contribution in [0.1, 0.15) is 16.2 Å². The number of hydrogen-bond donors (Lipinski definition) is 1. The fraction of sp³-hybridized carbons (Fsp3) is 0.462. The number of carbonyl (C=O) groups is 1. The molecule has 21 heavy (non-hydrogen) atoms. The highest BCUT2D eigenvalue weighted by Crippen LogP contribution is 2.17. The van der Waals surface area contributed by atoms with Gasteiger partial charge in [-0.3, -0.25) is 9.48 Å². The molecule has 0 spiro atoms. The average molecular weight is 292 g/mol. The van der Waals surface area contributed by atoms with Gasteiger partial charge in [0.05, 0.1) is 37.3 Å². The first kappa shape index (κ1) is 13.6. The molecule has 0 aliphatic carbocycles. The number of amides is 1. The molecule has 8 heteroatoms. The third kappa shape index (κ3) is 2.89. The molecule has 0 radical (unpaired) electrons. The van der Waals surface area contributed by atoms with Crippen molar-refractivity contribution < 1.29 is 18.7 Å². The summed E-state index contributed by atoms with van der Waals surface area (Å²) in [6, 6.07) is -0.248. The van der Waals surface area contributed by atoms with Crippen molar-refractivity contribution in [2.24, 2.45) is 7.05 Å². The summed E-state index contributed by atoms with van der Waals surface area (Å²) in [5.41, 5.74) is 0.552. The van der Waals surface area contributed by atoms with Crippen molar-refractivity contribution in [2.45, 2.75) is 19.1 Å². The highest BCUT2D eigenvalue weighted by atomic mass is 16.5. The smallest absolute Gasteiger partial charge is 0.289 e. The van der Waals surface area contributed by atoms with Gasteiger partial charge in [0.15, 0.2) is 12.1 Å². The van der Waals surface area contributed by atoms with E-state index in [2.05, 4.69) is 15.4 Å². The van der Waals surface area contributed by atoms with Gasteiger partial charge in [0, 0.05) is 7.05 Å². The fourth-order valence-corrected chi connectivity index (χ4v) is 2.17. The topological polar surface area (TPSA) is 91.4 Å². The normalized spacial score (nSPS) is 21.4. The Morgan fingerprint density at radius 2 is 2.38 bits per heavy atom. The van der Waals surface area contributed by atoms with Crippen LogP contribution >= 0.6 is 0 Å². The van der Waals surface area contributed by atoms with Crippen LogP contribution in [-0.4, -0.2) is 46.0 Å². The Hall–Kier alpha value is -2.35. The maximum Gasteiger partial charge on any atom is 0.289 e. The fourth-order valence-electron chi connectivity index (χ4n) is 2.17. The lowest BCUT2D eigenvalue weighted by Gasteiger charge is -2.19. The molecule has 1 fully saturated rings. The zero-order chi connectivity index (χ0) is 14.8. The first-order chi connectivity index (χ1) is 10.1. The van der Waals surface area contributed by atoms with Crippen LogP contribution in [0.3, 0.4) is 0 Å². The van der Waals surface area contributed by atoms with Crippen molar-refractivity contribution in [2.75, 3.05) is 13.2 Å². The maximum absolute atomic E-state index is 12.1. The molecular formula is C13H16N4O4. The summed E-state index contributed by atoms with van der Waals surface area (Å²) in [5.74, 6) is 0.533. The van der Waals surface area contributed by atoms with Crippen LogP contribution in [0.5, 0.6) is 5.75 Å². The Balaban J connectivity index is 1.64. The molecule has 1 aliphatic heterocycles. The highest BCUT2D eigenvalue weighted by molar-refractivity contribution is 5.92. The zero-order valence-electron chi connectivity index (χ0n) is 11.8. The predicted molar refractivity (Wildman–Crippen MR) is 70.9 cm³/mol. The average Bonchev–Trinajstić information content (AvgIpc) is 3.14. The Morgan fingerprint density at radius 3 is 3.05 bits per heavy atom. The van der Waals surface area contributed by atoms with Crippen LogP contribution in [0.15, 0.2) is 23.2 Å². The van der Waals surface area contributed by atoms with Crippen molar-refractivity contribution in [3.05, 3.63) is 30.2 Å². The highest BCUT2D eigenvalue weighted by Gasteiger charge is 2.32. The molecule has 0 aromatic carbocycles. The van der Waals surface area contributed by atoms with Gasteiger partial charge in [-0.15, -0.1) is 0 Å². The van der Waals surface area contributed by atoms with Crippen molar-refractivity contribution in [3.63, 3.8) is 0 Å². The van der Waals surface area contributed by atoms with Crippen molar-refractivity contribution in [1.82, 2.24) is 20.1 Å². The third-order valence-corrected chi connectivity index (χ3v) is 3.27. The minimum atomic E-state index is -0.319. The van der Waals surface area contributed by atoms with E-state index >= 15 is 0 Å². The van der Waals surface area contributed by atoms with E-state index in [0.717, 1.165) is 0 Å². The van der Waals surface area contributed by atoms with Crippen LogP contribution in [0, 0.1) is 6.92 Å². The zero-order valence-corrected chi connectivity index (χ0v) is 11.8. The van der Waals surface area contributed by atoms with Gasteiger partial charge in [-0.1, -0.05) is 0 Å². The monoisotopic (exact) mass is 292 g/mol. The molecule has 112 valence electrons. The molecule has 1 amide bonds. The van der Waals surface area contributed by atoms with Gasteiger partial charge in [0.25, 0.3) is 5.91 Å². The molecule has 1 N–H and O–H groups in total. The minimum Gasteiger partial charge on any atom is -0.482 e. The first-order valence-corrected chi connectivity index (χ1v) is 6.57. The molecule has 3 rings (SSSR count). The second-order valence-electron chi connectivity index (χ2n) is 4.89. The number of carbonyl (C=O) groups excluding carboxylic acids is 1. The van der Waals surface area contributed by atoms with Crippen molar-refractivity contribution in [1.29, 1.82) is 0 Å². The van der Waals surface area contributed by atoms with E-state index in [-0.39, 0.29) is 23.8 Å². The van der Waals surface area contributed by atoms with E-state index in [9.17, 15) is 4.79 Å². The number of nitrogens with one attached hydrogen (secondary N) is 1. The Bertz CT molecular complexity index is 636. The van der Waals surface area contributed by atoms with Crippen LogP contribution in [-0.2, 0) is 11.8 Å². The first-order valence-electron chi connectivity index (χ1n) is 6.57. The molecule has 1 aliphatic rings. The molecular weight excluding hydrogens is 276 g/mol. The lowest BCUT2D eigenvalue weighted by molar-refractivity contribution is 0.0875. The second kappa shape index (κ2) is 5.57. The molecule has 2 aromatic rings. The van der Waals surface area contributed by atoms with Crippen LogP contribution in [0.25, 0.3) is 0 Å². The molecule has 2 aromatic heterocycles. The molecule has 0 unspecified atom stereocenters. The summed E-state index contributed by atoms with van der Waals surface area (Å²) in [6.07, 6.45) is 4.37. The summed E-state index contributed by atoms with van der Waals surface area (Å²) in [5, 5.41) is 6.89. The summed E-state index contributed by atoms with van der Waals surface area (Å²) >= 11 is 0. The van der Waals surface area contributed by atoms with E-state index in [1.165, 1.54) is 6.39 Å². The number of hydrogen-bond acceptors (Lipinski definition) is 6. The Labute approximate surface area is 121 Å². The third-order valence-electron chi connectivity index (χ3n) is 3.27. The van der Waals surface area contributed by atoms with Gasteiger partial charge in [-0.2, -0.15) is 5.10 Å². The van der Waals surface area contributed by atoms with E-state index in [1.807, 2.05) is 7.05 Å². The Morgan fingerprint density at radius 1 is 1.52 bits per heavy atom. The minimum absolute atomic E-state index is 0.210. The molecule has 1 saturated heterocycles. The van der Waals surface area contributed by atoms with Gasteiger partial charge < -0.3 is 19.2 Å². The quantitative estimate of drug-likeness (QED) is 0.871. The second-order valence-corrected chi connectivity index (χ2v) is 4.89. The number of aryl methyl sites for hydroxylation is 2. The van der Waals surface area contributed by atoms with Gasteiger partial charge in [0.2, 0.25) is 5.76 Å². The number of aromatic nitrogens is 3. The van der Waals surface area contributed by atoms with Gasteiger partial charge >= 0.3 is 0 Å². The summed E-state index contributed by atoms with van der Waals surface area (Å²) < 4.78 is 17.9. The summed E-state index contributed by atoms with van der Waals surface area (Å²) in [7, 11) is 1.81. The summed E-state index contributed by atoms with van der Waals surface area (Å²) in [4.78, 5) is 16.0.